The Morgan fingerprint density at radius 2 is 0.938 bits per heavy atom. The van der Waals surface area contributed by atoms with Crippen LogP contribution in [0.4, 0.5) is 0 Å². The highest BCUT2D eigenvalue weighted by molar-refractivity contribution is 5.05. The van der Waals surface area contributed by atoms with E-state index in [4.69, 9.17) is 9.47 Å². The standard InChI is InChI=1S/C51H96O13/c1-37(2)18-12-24-46(5,57)25-13-26-47(6,58)27-14-28-48(7,59)29-15-30-49(8,60)31-16-32-50(9,61)33-17-34-51(10,62)41(53)22-21-38(3)19-11-20-39(4)23-35-63-45-44(56)43(55)42(54)40(36-52)64-45/h18-19,23,40-45,52-62H,11-17,20-22,24-36H2,1-10H3/b38-19+,39-23+. The zero-order valence-corrected chi connectivity index (χ0v) is 41.7. The van der Waals surface area contributed by atoms with E-state index >= 15 is 0 Å². The van der Waals surface area contributed by atoms with Crippen LogP contribution in [0.2, 0.25) is 0 Å². The lowest BCUT2D eigenvalue weighted by molar-refractivity contribution is -0.298. The van der Waals surface area contributed by atoms with Crippen LogP contribution in [-0.4, -0.2) is 140 Å². The van der Waals surface area contributed by atoms with E-state index < -0.39 is 77.0 Å². The van der Waals surface area contributed by atoms with Gasteiger partial charge in [-0.05, 0) is 204 Å². The third-order valence-electron chi connectivity index (χ3n) is 13.5. The lowest BCUT2D eigenvalue weighted by atomic mass is 9.83. The third-order valence-corrected chi connectivity index (χ3v) is 13.5. The molecule has 13 nitrogen and oxygen atoms in total. The van der Waals surface area contributed by atoms with E-state index in [0.717, 1.165) is 36.8 Å². The van der Waals surface area contributed by atoms with Gasteiger partial charge in [-0.15, -0.1) is 0 Å². The minimum atomic E-state index is -1.49. The summed E-state index contributed by atoms with van der Waals surface area (Å²) in [5, 5.41) is 116. The molecule has 0 bridgehead atoms. The van der Waals surface area contributed by atoms with E-state index in [9.17, 15) is 56.2 Å². The van der Waals surface area contributed by atoms with Gasteiger partial charge < -0.3 is 65.6 Å². The van der Waals surface area contributed by atoms with Crippen molar-refractivity contribution in [1.29, 1.82) is 0 Å². The summed E-state index contributed by atoms with van der Waals surface area (Å²) in [6.45, 7) is 18.4. The Morgan fingerprint density at radius 1 is 0.531 bits per heavy atom. The lowest BCUT2D eigenvalue weighted by Gasteiger charge is -2.39. The molecule has 0 radical (unpaired) electrons. The molecular weight excluding hydrogens is 821 g/mol. The topological polar surface area (TPSA) is 241 Å². The molecule has 378 valence electrons. The van der Waals surface area contributed by atoms with Crippen molar-refractivity contribution in [3.05, 3.63) is 34.9 Å². The summed E-state index contributed by atoms with van der Waals surface area (Å²) in [4.78, 5) is 0. The molecule has 0 aromatic heterocycles. The summed E-state index contributed by atoms with van der Waals surface area (Å²) in [5.41, 5.74) is -2.38. The Bertz CT molecular complexity index is 1380. The summed E-state index contributed by atoms with van der Waals surface area (Å²) < 4.78 is 10.9. The maximum absolute atomic E-state index is 11.1. The summed E-state index contributed by atoms with van der Waals surface area (Å²) in [6.07, 6.45) is 11.0. The smallest absolute Gasteiger partial charge is 0.187 e. The molecule has 1 fully saturated rings. The zero-order valence-electron chi connectivity index (χ0n) is 41.7. The number of hydrogen-bond acceptors (Lipinski definition) is 13. The number of hydrogen-bond donors (Lipinski definition) is 11. The van der Waals surface area contributed by atoms with Crippen molar-refractivity contribution in [2.75, 3.05) is 13.2 Å². The number of aliphatic hydroxyl groups is 11. The number of ether oxygens (including phenoxy) is 2. The first-order valence-corrected chi connectivity index (χ1v) is 24.3. The molecule has 1 rings (SSSR count). The lowest BCUT2D eigenvalue weighted by Crippen LogP contribution is -2.59. The minimum Gasteiger partial charge on any atom is -0.394 e. The molecule has 0 aliphatic carbocycles. The Hall–Kier alpha value is -1.30. The van der Waals surface area contributed by atoms with Crippen LogP contribution in [0.15, 0.2) is 34.9 Å². The van der Waals surface area contributed by atoms with Crippen molar-refractivity contribution in [3.8, 4) is 0 Å². The fourth-order valence-electron chi connectivity index (χ4n) is 8.61. The van der Waals surface area contributed by atoms with Crippen LogP contribution < -0.4 is 0 Å². The monoisotopic (exact) mass is 917 g/mol. The van der Waals surface area contributed by atoms with Gasteiger partial charge >= 0.3 is 0 Å². The van der Waals surface area contributed by atoms with E-state index in [1.165, 1.54) is 5.57 Å². The van der Waals surface area contributed by atoms with Crippen LogP contribution in [0.1, 0.15) is 204 Å². The largest absolute Gasteiger partial charge is 0.394 e. The van der Waals surface area contributed by atoms with Crippen molar-refractivity contribution in [2.24, 2.45) is 0 Å². The second kappa shape index (κ2) is 28.3. The van der Waals surface area contributed by atoms with Gasteiger partial charge in [-0.2, -0.15) is 0 Å². The van der Waals surface area contributed by atoms with Crippen molar-refractivity contribution >= 4 is 0 Å². The molecule has 0 spiro atoms. The normalized spacial score (nSPS) is 26.2. The van der Waals surface area contributed by atoms with Crippen LogP contribution in [0, 0.1) is 0 Å². The predicted molar refractivity (Wildman–Crippen MR) is 253 cm³/mol. The van der Waals surface area contributed by atoms with Gasteiger partial charge in [0.2, 0.25) is 0 Å². The van der Waals surface area contributed by atoms with E-state index in [-0.39, 0.29) is 6.61 Å². The maximum Gasteiger partial charge on any atom is 0.187 e. The SMILES string of the molecule is CC(C)=CCCC(C)(O)CCCC(C)(O)CCCC(C)(O)CCCC(C)(O)CCCC(C)(O)CCCC(C)(O)C(O)CC/C(C)=C/CC/C(C)=C/COC1OC(CO)C(O)C(O)C1O. The van der Waals surface area contributed by atoms with Gasteiger partial charge in [-0.25, -0.2) is 0 Å². The Balaban J connectivity index is 2.34. The molecule has 12 unspecified atom stereocenters. The average molecular weight is 917 g/mol. The minimum absolute atomic E-state index is 0.115. The van der Waals surface area contributed by atoms with Gasteiger partial charge in [-0.3, -0.25) is 0 Å². The van der Waals surface area contributed by atoms with Crippen molar-refractivity contribution in [1.82, 2.24) is 0 Å². The van der Waals surface area contributed by atoms with Gasteiger partial charge in [0.15, 0.2) is 6.29 Å². The van der Waals surface area contributed by atoms with E-state index in [2.05, 4.69) is 26.0 Å². The first-order valence-electron chi connectivity index (χ1n) is 24.3. The van der Waals surface area contributed by atoms with E-state index in [1.807, 2.05) is 40.7 Å². The Labute approximate surface area is 387 Å². The van der Waals surface area contributed by atoms with Crippen LogP contribution in [0.5, 0.6) is 0 Å². The molecule has 11 N–H and O–H groups in total. The van der Waals surface area contributed by atoms with E-state index in [1.54, 1.807) is 20.8 Å². The van der Waals surface area contributed by atoms with Crippen molar-refractivity contribution in [3.63, 3.8) is 0 Å². The molecule has 0 amide bonds. The highest BCUT2D eigenvalue weighted by Gasteiger charge is 2.44. The molecule has 12 atom stereocenters. The van der Waals surface area contributed by atoms with Gasteiger partial charge in [0.05, 0.1) is 52.9 Å². The Morgan fingerprint density at radius 3 is 1.36 bits per heavy atom. The van der Waals surface area contributed by atoms with Crippen molar-refractivity contribution < 1.29 is 65.6 Å². The first-order chi connectivity index (χ1) is 29.4. The van der Waals surface area contributed by atoms with Crippen LogP contribution in [0.25, 0.3) is 0 Å². The predicted octanol–water partition coefficient (Wildman–Crippen LogP) is 6.72. The number of rotatable bonds is 34. The van der Waals surface area contributed by atoms with Gasteiger partial charge in [0.1, 0.15) is 24.4 Å². The van der Waals surface area contributed by atoms with Crippen LogP contribution >= 0.6 is 0 Å². The molecule has 1 aliphatic rings. The molecule has 64 heavy (non-hydrogen) atoms. The second-order valence-electron chi connectivity index (χ2n) is 21.7. The maximum atomic E-state index is 11.1. The molecule has 0 aromatic carbocycles. The summed E-state index contributed by atoms with van der Waals surface area (Å²) >= 11 is 0. The molecule has 0 saturated carbocycles. The zero-order chi connectivity index (χ0) is 49.0. The highest BCUT2D eigenvalue weighted by Crippen LogP contribution is 2.32. The fourth-order valence-corrected chi connectivity index (χ4v) is 8.61. The summed E-state index contributed by atoms with van der Waals surface area (Å²) in [6, 6.07) is 0. The molecule has 1 heterocycles. The summed E-state index contributed by atoms with van der Waals surface area (Å²) in [5.74, 6) is 0. The van der Waals surface area contributed by atoms with Crippen molar-refractivity contribution in [2.45, 2.75) is 274 Å². The fraction of sp³-hybridized carbons (Fsp3) is 0.882. The molecule has 1 saturated heterocycles. The highest BCUT2D eigenvalue weighted by atomic mass is 16.7. The van der Waals surface area contributed by atoms with Gasteiger partial charge in [-0.1, -0.05) is 34.9 Å². The van der Waals surface area contributed by atoms with Gasteiger partial charge in [0, 0.05) is 0 Å². The van der Waals surface area contributed by atoms with Crippen LogP contribution in [-0.2, 0) is 9.47 Å². The van der Waals surface area contributed by atoms with Crippen LogP contribution in [0.3, 0.4) is 0 Å². The number of aliphatic hydroxyl groups excluding tert-OH is 5. The van der Waals surface area contributed by atoms with Gasteiger partial charge in [0.25, 0.3) is 0 Å². The second-order valence-corrected chi connectivity index (χ2v) is 21.7. The quantitative estimate of drug-likeness (QED) is 0.0301. The molecule has 1 aliphatic heterocycles. The Kier molecular flexibility index (Phi) is 26.8. The first kappa shape index (κ1) is 60.7. The average Bonchev–Trinajstić information content (AvgIpc) is 3.15. The molecule has 0 aromatic rings. The summed E-state index contributed by atoms with van der Waals surface area (Å²) in [7, 11) is 0. The van der Waals surface area contributed by atoms with E-state index in [0.29, 0.717) is 109 Å². The molecular formula is C51H96O13. The third kappa shape index (κ3) is 26.3. The molecule has 13 heteroatoms. The number of allylic oxidation sites excluding steroid dienone is 5.